The molecule has 24 heavy (non-hydrogen) atoms. The van der Waals surface area contributed by atoms with E-state index in [1.807, 2.05) is 0 Å². The van der Waals surface area contributed by atoms with Crippen molar-refractivity contribution in [3.63, 3.8) is 0 Å². The van der Waals surface area contributed by atoms with Gasteiger partial charge in [0.2, 0.25) is 15.9 Å². The lowest BCUT2D eigenvalue weighted by atomic mass is 10.2. The maximum atomic E-state index is 13.9. The van der Waals surface area contributed by atoms with E-state index in [0.717, 1.165) is 30.0 Å². The first-order valence-corrected chi connectivity index (χ1v) is 8.82. The zero-order valence-electron chi connectivity index (χ0n) is 13.1. The molecule has 0 radical (unpaired) electrons. The Morgan fingerprint density at radius 1 is 1.08 bits per heavy atom. The molecule has 0 atom stereocenters. The number of nitrogens with zero attached hydrogens (tertiary/aromatic N) is 1. The summed E-state index contributed by atoms with van der Waals surface area (Å²) < 4.78 is 52.0. The molecule has 2 aromatic rings. The molecule has 0 fully saturated rings. The second-order valence-corrected chi connectivity index (χ2v) is 7.11. The van der Waals surface area contributed by atoms with E-state index >= 15 is 0 Å². The zero-order chi connectivity index (χ0) is 17.9. The normalized spacial score (nSPS) is 11.2. The van der Waals surface area contributed by atoms with E-state index in [1.165, 1.54) is 0 Å². The van der Waals surface area contributed by atoms with Crippen LogP contribution in [0, 0.1) is 18.6 Å². The highest BCUT2D eigenvalue weighted by atomic mass is 32.2. The SMILES string of the molecule is Cc1ccccc1NC(=O)CN(c1c(F)cccc1F)S(C)(=O)=O. The third-order valence-corrected chi connectivity index (χ3v) is 4.41. The van der Waals surface area contributed by atoms with Gasteiger partial charge in [-0.3, -0.25) is 9.10 Å². The van der Waals surface area contributed by atoms with Crippen LogP contribution in [0.2, 0.25) is 0 Å². The number of aryl methyl sites for hydroxylation is 1. The smallest absolute Gasteiger partial charge is 0.245 e. The van der Waals surface area contributed by atoms with Crippen LogP contribution in [0.3, 0.4) is 0 Å². The van der Waals surface area contributed by atoms with Crippen molar-refractivity contribution in [3.05, 3.63) is 59.7 Å². The van der Waals surface area contributed by atoms with Crippen molar-refractivity contribution in [1.29, 1.82) is 0 Å². The van der Waals surface area contributed by atoms with Crippen LogP contribution in [0.1, 0.15) is 5.56 Å². The van der Waals surface area contributed by atoms with Crippen molar-refractivity contribution in [1.82, 2.24) is 0 Å². The zero-order valence-corrected chi connectivity index (χ0v) is 13.9. The van der Waals surface area contributed by atoms with Gasteiger partial charge in [-0.15, -0.1) is 0 Å². The summed E-state index contributed by atoms with van der Waals surface area (Å²) >= 11 is 0. The molecular weight excluding hydrogens is 338 g/mol. The number of carbonyl (C=O) groups is 1. The van der Waals surface area contributed by atoms with E-state index < -0.39 is 39.8 Å². The van der Waals surface area contributed by atoms with Crippen molar-refractivity contribution >= 4 is 27.3 Å². The first-order valence-electron chi connectivity index (χ1n) is 6.97. The minimum Gasteiger partial charge on any atom is -0.324 e. The summed E-state index contributed by atoms with van der Waals surface area (Å²) in [6.45, 7) is 1.02. The van der Waals surface area contributed by atoms with Gasteiger partial charge in [0, 0.05) is 5.69 Å². The fourth-order valence-electron chi connectivity index (χ4n) is 2.12. The molecule has 0 aromatic heterocycles. The maximum absolute atomic E-state index is 13.9. The van der Waals surface area contributed by atoms with E-state index in [2.05, 4.69) is 5.32 Å². The molecule has 0 bridgehead atoms. The van der Waals surface area contributed by atoms with Gasteiger partial charge in [-0.2, -0.15) is 0 Å². The van der Waals surface area contributed by atoms with Gasteiger partial charge in [0.05, 0.1) is 6.26 Å². The Morgan fingerprint density at radius 3 is 2.21 bits per heavy atom. The van der Waals surface area contributed by atoms with Crippen molar-refractivity contribution in [2.24, 2.45) is 0 Å². The number of benzene rings is 2. The summed E-state index contributed by atoms with van der Waals surface area (Å²) in [7, 11) is -4.07. The Balaban J connectivity index is 2.31. The molecule has 0 aliphatic rings. The third kappa shape index (κ3) is 4.08. The molecule has 2 rings (SSSR count). The van der Waals surface area contributed by atoms with Crippen molar-refractivity contribution in [2.75, 3.05) is 22.4 Å². The molecule has 2 aromatic carbocycles. The van der Waals surface area contributed by atoms with Crippen LogP contribution in [0.5, 0.6) is 0 Å². The number of sulfonamides is 1. The Morgan fingerprint density at radius 2 is 1.67 bits per heavy atom. The third-order valence-electron chi connectivity index (χ3n) is 3.29. The van der Waals surface area contributed by atoms with Gasteiger partial charge in [0.25, 0.3) is 0 Å². The highest BCUT2D eigenvalue weighted by Gasteiger charge is 2.26. The van der Waals surface area contributed by atoms with E-state index in [4.69, 9.17) is 0 Å². The van der Waals surface area contributed by atoms with Crippen LogP contribution in [0.15, 0.2) is 42.5 Å². The molecule has 5 nitrogen and oxygen atoms in total. The fraction of sp³-hybridized carbons (Fsp3) is 0.188. The lowest BCUT2D eigenvalue weighted by Crippen LogP contribution is -2.38. The first-order chi connectivity index (χ1) is 11.2. The van der Waals surface area contributed by atoms with Gasteiger partial charge in [0.1, 0.15) is 12.2 Å². The van der Waals surface area contributed by atoms with Crippen LogP contribution >= 0.6 is 0 Å². The van der Waals surface area contributed by atoms with Gasteiger partial charge >= 0.3 is 0 Å². The van der Waals surface area contributed by atoms with Crippen molar-refractivity contribution in [3.8, 4) is 0 Å². The second-order valence-electron chi connectivity index (χ2n) is 5.20. The number of hydrogen-bond donors (Lipinski definition) is 1. The minimum absolute atomic E-state index is 0.408. The van der Waals surface area contributed by atoms with Gasteiger partial charge < -0.3 is 5.32 Å². The Kier molecular flexibility index (Phi) is 5.18. The van der Waals surface area contributed by atoms with E-state index in [1.54, 1.807) is 31.2 Å². The number of carbonyl (C=O) groups excluding carboxylic acids is 1. The standard InChI is InChI=1S/C16H16F2N2O3S/c1-11-6-3-4-9-14(11)19-15(21)10-20(24(2,22)23)16-12(17)7-5-8-13(16)18/h3-9H,10H2,1-2H3,(H,19,21). The average molecular weight is 354 g/mol. The molecule has 0 saturated carbocycles. The number of rotatable bonds is 5. The van der Waals surface area contributed by atoms with Crippen LogP contribution in [-0.2, 0) is 14.8 Å². The van der Waals surface area contributed by atoms with Crippen LogP contribution < -0.4 is 9.62 Å². The molecular formula is C16H16F2N2O3S. The van der Waals surface area contributed by atoms with Crippen molar-refractivity contribution in [2.45, 2.75) is 6.92 Å². The Labute approximate surface area is 139 Å². The lowest BCUT2D eigenvalue weighted by Gasteiger charge is -2.23. The molecule has 0 aliphatic carbocycles. The number of nitrogens with one attached hydrogen (secondary N) is 1. The second kappa shape index (κ2) is 6.96. The molecule has 0 aliphatic heterocycles. The van der Waals surface area contributed by atoms with Gasteiger partial charge in [-0.1, -0.05) is 24.3 Å². The molecule has 0 spiro atoms. The lowest BCUT2D eigenvalue weighted by molar-refractivity contribution is -0.114. The predicted octanol–water partition coefficient (Wildman–Crippen LogP) is 2.68. The molecule has 8 heteroatoms. The largest absolute Gasteiger partial charge is 0.324 e. The molecule has 0 heterocycles. The topological polar surface area (TPSA) is 66.5 Å². The summed E-state index contributed by atoms with van der Waals surface area (Å²) in [5, 5.41) is 2.53. The maximum Gasteiger partial charge on any atom is 0.245 e. The first kappa shape index (κ1) is 17.9. The van der Waals surface area contributed by atoms with Crippen molar-refractivity contribution < 1.29 is 22.0 Å². The Bertz CT molecular complexity index is 849. The number of para-hydroxylation sites is 2. The van der Waals surface area contributed by atoms with Gasteiger partial charge in [-0.25, -0.2) is 17.2 Å². The average Bonchev–Trinajstić information content (AvgIpc) is 2.47. The van der Waals surface area contributed by atoms with E-state index in [-0.39, 0.29) is 0 Å². The summed E-state index contributed by atoms with van der Waals surface area (Å²) in [5.74, 6) is -2.84. The number of halogens is 2. The summed E-state index contributed by atoms with van der Waals surface area (Å²) in [5.41, 5.74) is 0.485. The number of hydrogen-bond acceptors (Lipinski definition) is 3. The van der Waals surface area contributed by atoms with Gasteiger partial charge in [0.15, 0.2) is 11.6 Å². The summed E-state index contributed by atoms with van der Waals surface area (Å²) in [6, 6.07) is 9.85. The van der Waals surface area contributed by atoms with E-state index in [0.29, 0.717) is 9.99 Å². The highest BCUT2D eigenvalue weighted by molar-refractivity contribution is 7.92. The number of anilines is 2. The fourth-order valence-corrected chi connectivity index (χ4v) is 2.98. The molecule has 0 saturated heterocycles. The molecule has 128 valence electrons. The van der Waals surface area contributed by atoms with E-state index in [9.17, 15) is 22.0 Å². The Hall–Kier alpha value is -2.48. The quantitative estimate of drug-likeness (QED) is 0.898. The molecule has 1 amide bonds. The molecule has 1 N–H and O–H groups in total. The minimum atomic E-state index is -4.07. The van der Waals surface area contributed by atoms with Crippen LogP contribution in [0.25, 0.3) is 0 Å². The summed E-state index contributed by atoms with van der Waals surface area (Å²) in [6.07, 6.45) is 0.778. The molecule has 0 unspecified atom stereocenters. The monoisotopic (exact) mass is 354 g/mol. The predicted molar refractivity (Wildman–Crippen MR) is 88.4 cm³/mol. The highest BCUT2D eigenvalue weighted by Crippen LogP contribution is 2.25. The van der Waals surface area contributed by atoms with Gasteiger partial charge in [-0.05, 0) is 30.7 Å². The summed E-state index contributed by atoms with van der Waals surface area (Å²) in [4.78, 5) is 12.2. The van der Waals surface area contributed by atoms with Crippen LogP contribution in [-0.4, -0.2) is 27.1 Å². The number of amides is 1. The van der Waals surface area contributed by atoms with Crippen LogP contribution in [0.4, 0.5) is 20.2 Å².